The Labute approximate surface area is 84.9 Å². The van der Waals surface area contributed by atoms with Crippen LogP contribution in [0.3, 0.4) is 0 Å². The second kappa shape index (κ2) is 4.13. The van der Waals surface area contributed by atoms with Gasteiger partial charge in [-0.15, -0.1) is 0 Å². The highest BCUT2D eigenvalue weighted by atomic mass is 16.5. The van der Waals surface area contributed by atoms with Gasteiger partial charge in [-0.25, -0.2) is 0 Å². The maximum Gasteiger partial charge on any atom is 0.133 e. The van der Waals surface area contributed by atoms with Crippen LogP contribution in [0.5, 0.6) is 0 Å². The van der Waals surface area contributed by atoms with Crippen LogP contribution in [0, 0.1) is 12.8 Å². The van der Waals surface area contributed by atoms with Crippen LogP contribution < -0.4 is 5.32 Å². The minimum Gasteiger partial charge on any atom is -0.361 e. The largest absolute Gasteiger partial charge is 0.361 e. The molecular weight excluding hydrogens is 176 g/mol. The first-order valence-corrected chi connectivity index (χ1v) is 5.41. The van der Waals surface area contributed by atoms with Gasteiger partial charge in [0.15, 0.2) is 0 Å². The van der Waals surface area contributed by atoms with Crippen molar-refractivity contribution >= 4 is 0 Å². The summed E-state index contributed by atoms with van der Waals surface area (Å²) in [4.78, 5) is 0. The van der Waals surface area contributed by atoms with Crippen LogP contribution in [-0.4, -0.2) is 18.2 Å². The highest BCUT2D eigenvalue weighted by Crippen LogP contribution is 2.28. The first kappa shape index (κ1) is 9.71. The Morgan fingerprint density at radius 2 is 2.50 bits per heavy atom. The van der Waals surface area contributed by atoms with Crippen LogP contribution in [0.4, 0.5) is 0 Å². The molecule has 0 amide bonds. The van der Waals surface area contributed by atoms with Gasteiger partial charge in [0.05, 0.1) is 5.69 Å². The molecular formula is C11H18N2O. The average Bonchev–Trinajstić information content (AvgIpc) is 2.65. The van der Waals surface area contributed by atoms with Crippen LogP contribution in [-0.2, 0) is 0 Å². The summed E-state index contributed by atoms with van der Waals surface area (Å²) in [6, 6.07) is 2.05. The minimum absolute atomic E-state index is 0.514. The zero-order valence-electron chi connectivity index (χ0n) is 8.92. The molecule has 3 nitrogen and oxygen atoms in total. The van der Waals surface area contributed by atoms with Gasteiger partial charge in [0.2, 0.25) is 0 Å². The Morgan fingerprint density at radius 1 is 1.64 bits per heavy atom. The van der Waals surface area contributed by atoms with E-state index in [1.165, 1.54) is 19.4 Å². The highest BCUT2D eigenvalue weighted by molar-refractivity contribution is 5.10. The molecule has 1 aromatic heterocycles. The summed E-state index contributed by atoms with van der Waals surface area (Å²) < 4.78 is 5.11. The summed E-state index contributed by atoms with van der Waals surface area (Å²) in [7, 11) is 0. The van der Waals surface area contributed by atoms with Crippen LogP contribution >= 0.6 is 0 Å². The lowest BCUT2D eigenvalue weighted by Gasteiger charge is -2.26. The lowest BCUT2D eigenvalue weighted by molar-refractivity contribution is 0.317. The van der Waals surface area contributed by atoms with Crippen molar-refractivity contribution in [3.8, 4) is 0 Å². The Kier molecular flexibility index (Phi) is 2.87. The van der Waals surface area contributed by atoms with Gasteiger partial charge in [-0.1, -0.05) is 12.1 Å². The van der Waals surface area contributed by atoms with Crippen LogP contribution in [0.25, 0.3) is 0 Å². The molecule has 0 radical (unpaired) electrons. The predicted molar refractivity (Wildman–Crippen MR) is 55.2 cm³/mol. The smallest absolute Gasteiger partial charge is 0.133 e. The lowest BCUT2D eigenvalue weighted by atomic mass is 9.85. The topological polar surface area (TPSA) is 38.1 Å². The number of piperidine rings is 1. The molecule has 1 aliphatic rings. The molecule has 14 heavy (non-hydrogen) atoms. The van der Waals surface area contributed by atoms with Crippen molar-refractivity contribution in [3.63, 3.8) is 0 Å². The fourth-order valence-electron chi connectivity index (χ4n) is 2.15. The molecule has 3 heteroatoms. The van der Waals surface area contributed by atoms with Crippen molar-refractivity contribution < 1.29 is 4.52 Å². The summed E-state index contributed by atoms with van der Waals surface area (Å²) in [5.41, 5.74) is 1.11. The molecule has 0 aromatic carbocycles. The molecule has 78 valence electrons. The highest BCUT2D eigenvalue weighted by Gasteiger charge is 2.23. The van der Waals surface area contributed by atoms with Gasteiger partial charge in [-0.2, -0.15) is 0 Å². The van der Waals surface area contributed by atoms with Crippen LogP contribution in [0.15, 0.2) is 10.6 Å². The van der Waals surface area contributed by atoms with E-state index < -0.39 is 0 Å². The van der Waals surface area contributed by atoms with E-state index in [1.807, 2.05) is 6.92 Å². The number of hydrogen-bond donors (Lipinski definition) is 1. The first-order chi connectivity index (χ1) is 6.77. The number of nitrogens with zero attached hydrogens (tertiary/aromatic N) is 1. The quantitative estimate of drug-likeness (QED) is 0.783. The Morgan fingerprint density at radius 3 is 3.07 bits per heavy atom. The van der Waals surface area contributed by atoms with E-state index in [0.29, 0.717) is 11.8 Å². The van der Waals surface area contributed by atoms with Gasteiger partial charge in [0, 0.05) is 12.0 Å². The number of hydrogen-bond acceptors (Lipinski definition) is 3. The molecule has 1 aliphatic heterocycles. The van der Waals surface area contributed by atoms with E-state index in [0.717, 1.165) is 18.0 Å². The maximum absolute atomic E-state index is 5.11. The standard InChI is InChI=1S/C11H18N2O/c1-8-6-11(13-14-8)9(2)10-4-3-5-12-7-10/h6,9-10,12H,3-5,7H2,1-2H3. The van der Waals surface area contributed by atoms with Gasteiger partial charge in [-0.05, 0) is 38.8 Å². The Hall–Kier alpha value is -0.830. The third-order valence-electron chi connectivity index (χ3n) is 3.15. The zero-order valence-corrected chi connectivity index (χ0v) is 8.92. The summed E-state index contributed by atoms with van der Waals surface area (Å²) in [5.74, 6) is 2.14. The van der Waals surface area contributed by atoms with Gasteiger partial charge in [0.1, 0.15) is 5.76 Å². The normalized spacial score (nSPS) is 24.9. The molecule has 2 atom stereocenters. The van der Waals surface area contributed by atoms with Crippen molar-refractivity contribution in [1.29, 1.82) is 0 Å². The van der Waals surface area contributed by atoms with E-state index in [1.54, 1.807) is 0 Å². The van der Waals surface area contributed by atoms with Gasteiger partial charge >= 0.3 is 0 Å². The van der Waals surface area contributed by atoms with Crippen LogP contribution in [0.1, 0.15) is 37.1 Å². The molecule has 1 saturated heterocycles. The van der Waals surface area contributed by atoms with Crippen molar-refractivity contribution in [2.45, 2.75) is 32.6 Å². The minimum atomic E-state index is 0.514. The van der Waals surface area contributed by atoms with Crippen LogP contribution in [0.2, 0.25) is 0 Å². The van der Waals surface area contributed by atoms with E-state index in [4.69, 9.17) is 4.52 Å². The van der Waals surface area contributed by atoms with E-state index in [2.05, 4.69) is 23.5 Å². The third-order valence-corrected chi connectivity index (χ3v) is 3.15. The molecule has 0 aliphatic carbocycles. The fraction of sp³-hybridized carbons (Fsp3) is 0.727. The Balaban J connectivity index is 2.03. The molecule has 2 heterocycles. The zero-order chi connectivity index (χ0) is 9.97. The molecule has 0 bridgehead atoms. The lowest BCUT2D eigenvalue weighted by Crippen LogP contribution is -2.32. The molecule has 0 saturated carbocycles. The van der Waals surface area contributed by atoms with Crippen molar-refractivity contribution in [3.05, 3.63) is 17.5 Å². The summed E-state index contributed by atoms with van der Waals surface area (Å²) in [6.45, 7) is 6.48. The number of aryl methyl sites for hydroxylation is 1. The summed E-state index contributed by atoms with van der Waals surface area (Å²) in [6.07, 6.45) is 2.59. The van der Waals surface area contributed by atoms with E-state index >= 15 is 0 Å². The fourth-order valence-corrected chi connectivity index (χ4v) is 2.15. The Bertz CT molecular complexity index is 289. The average molecular weight is 194 g/mol. The molecule has 1 fully saturated rings. The SMILES string of the molecule is Cc1cc(C(C)C2CCCNC2)no1. The monoisotopic (exact) mass is 194 g/mol. The van der Waals surface area contributed by atoms with Crippen molar-refractivity contribution in [2.24, 2.45) is 5.92 Å². The number of aromatic nitrogens is 1. The second-order valence-electron chi connectivity index (χ2n) is 4.26. The third kappa shape index (κ3) is 1.98. The van der Waals surface area contributed by atoms with Gasteiger partial charge < -0.3 is 9.84 Å². The predicted octanol–water partition coefficient (Wildman–Crippen LogP) is 2.09. The first-order valence-electron chi connectivity index (χ1n) is 5.41. The molecule has 2 unspecified atom stereocenters. The van der Waals surface area contributed by atoms with Crippen molar-refractivity contribution in [1.82, 2.24) is 10.5 Å². The van der Waals surface area contributed by atoms with Gasteiger partial charge in [-0.3, -0.25) is 0 Å². The maximum atomic E-state index is 5.11. The van der Waals surface area contributed by atoms with Crippen molar-refractivity contribution in [2.75, 3.05) is 13.1 Å². The van der Waals surface area contributed by atoms with Gasteiger partial charge in [0.25, 0.3) is 0 Å². The number of rotatable bonds is 2. The summed E-state index contributed by atoms with van der Waals surface area (Å²) >= 11 is 0. The molecule has 2 rings (SSSR count). The second-order valence-corrected chi connectivity index (χ2v) is 4.26. The number of nitrogens with one attached hydrogen (secondary N) is 1. The molecule has 1 aromatic rings. The van der Waals surface area contributed by atoms with E-state index in [-0.39, 0.29) is 0 Å². The summed E-state index contributed by atoms with van der Waals surface area (Å²) in [5, 5.41) is 7.52. The molecule has 1 N–H and O–H groups in total. The molecule has 0 spiro atoms. The van der Waals surface area contributed by atoms with E-state index in [9.17, 15) is 0 Å².